The van der Waals surface area contributed by atoms with Crippen LogP contribution in [0.4, 0.5) is 4.79 Å². The number of likely N-dealkylation sites (tertiary alicyclic amines) is 1. The van der Waals surface area contributed by atoms with E-state index in [1.807, 2.05) is 0 Å². The predicted molar refractivity (Wildman–Crippen MR) is 78.9 cm³/mol. The Labute approximate surface area is 125 Å². The molecule has 0 radical (unpaired) electrons. The third-order valence-electron chi connectivity index (χ3n) is 3.53. The molecule has 1 aliphatic rings. The second-order valence-corrected chi connectivity index (χ2v) is 7.17. The molecule has 0 unspecified atom stereocenters. The van der Waals surface area contributed by atoms with Gasteiger partial charge < -0.3 is 15.0 Å². The molecule has 0 bridgehead atoms. The summed E-state index contributed by atoms with van der Waals surface area (Å²) in [4.78, 5) is 13.8. The van der Waals surface area contributed by atoms with E-state index in [9.17, 15) is 13.2 Å². The van der Waals surface area contributed by atoms with Gasteiger partial charge in [-0.1, -0.05) is 18.2 Å². The molecular formula is C14H20N2O4S. The van der Waals surface area contributed by atoms with Crippen LogP contribution >= 0.6 is 0 Å². The van der Waals surface area contributed by atoms with Gasteiger partial charge in [0.1, 0.15) is 0 Å². The van der Waals surface area contributed by atoms with Crippen molar-refractivity contribution in [1.82, 2.24) is 10.2 Å². The summed E-state index contributed by atoms with van der Waals surface area (Å²) in [7, 11) is -1.82. The minimum atomic E-state index is -3.38. The van der Waals surface area contributed by atoms with Crippen LogP contribution in [0.3, 0.4) is 0 Å². The van der Waals surface area contributed by atoms with Gasteiger partial charge in [-0.15, -0.1) is 0 Å². The smallest absolute Gasteiger partial charge is 0.317 e. The van der Waals surface area contributed by atoms with E-state index in [1.165, 1.54) is 0 Å². The van der Waals surface area contributed by atoms with Gasteiger partial charge in [0.2, 0.25) is 0 Å². The van der Waals surface area contributed by atoms with E-state index in [1.54, 1.807) is 42.3 Å². The molecule has 1 aromatic carbocycles. The number of sulfone groups is 1. The number of methoxy groups -OCH3 is 1. The SMILES string of the molecule is COCCNC(=O)N1CC[C@@H](S(=O)(=O)c2ccccc2)C1. The van der Waals surface area contributed by atoms with Gasteiger partial charge in [0, 0.05) is 26.7 Å². The van der Waals surface area contributed by atoms with Crippen molar-refractivity contribution >= 4 is 15.9 Å². The first-order chi connectivity index (χ1) is 10.1. The summed E-state index contributed by atoms with van der Waals surface area (Å²) in [6, 6.07) is 8.14. The molecule has 1 aromatic rings. The first-order valence-electron chi connectivity index (χ1n) is 6.86. The molecule has 1 N–H and O–H groups in total. The molecule has 0 aromatic heterocycles. The molecule has 1 fully saturated rings. The lowest BCUT2D eigenvalue weighted by molar-refractivity contribution is 0.185. The lowest BCUT2D eigenvalue weighted by Gasteiger charge is -2.17. The first kappa shape index (κ1) is 15.8. The highest BCUT2D eigenvalue weighted by atomic mass is 32.2. The van der Waals surface area contributed by atoms with Crippen LogP contribution in [-0.4, -0.2) is 57.9 Å². The molecule has 1 saturated heterocycles. The summed E-state index contributed by atoms with van der Waals surface area (Å²) in [5, 5.41) is 2.17. The number of nitrogens with one attached hydrogen (secondary N) is 1. The minimum absolute atomic E-state index is 0.232. The number of ether oxygens (including phenoxy) is 1. The molecule has 1 atom stereocenters. The second kappa shape index (κ2) is 6.91. The van der Waals surface area contributed by atoms with Crippen LogP contribution in [0.15, 0.2) is 35.2 Å². The maximum atomic E-state index is 12.5. The van der Waals surface area contributed by atoms with Gasteiger partial charge in [-0.3, -0.25) is 0 Å². The highest BCUT2D eigenvalue weighted by Crippen LogP contribution is 2.23. The van der Waals surface area contributed by atoms with Gasteiger partial charge >= 0.3 is 6.03 Å². The van der Waals surface area contributed by atoms with Gasteiger partial charge in [-0.2, -0.15) is 0 Å². The summed E-state index contributed by atoms with van der Waals surface area (Å²) >= 11 is 0. The molecule has 2 amide bonds. The topological polar surface area (TPSA) is 75.7 Å². The van der Waals surface area contributed by atoms with E-state index in [4.69, 9.17) is 4.74 Å². The van der Waals surface area contributed by atoms with Crippen molar-refractivity contribution in [2.45, 2.75) is 16.6 Å². The third kappa shape index (κ3) is 3.74. The minimum Gasteiger partial charge on any atom is -0.383 e. The Bertz CT molecular complexity index is 574. The highest BCUT2D eigenvalue weighted by molar-refractivity contribution is 7.92. The quantitative estimate of drug-likeness (QED) is 0.819. The van der Waals surface area contributed by atoms with E-state index in [2.05, 4.69) is 5.32 Å². The summed E-state index contributed by atoms with van der Waals surface area (Å²) in [6.07, 6.45) is 0.467. The summed E-state index contributed by atoms with van der Waals surface area (Å²) < 4.78 is 29.8. The average Bonchev–Trinajstić information content (AvgIpc) is 2.99. The highest BCUT2D eigenvalue weighted by Gasteiger charge is 2.35. The largest absolute Gasteiger partial charge is 0.383 e. The van der Waals surface area contributed by atoms with Crippen molar-refractivity contribution < 1.29 is 17.9 Å². The number of rotatable bonds is 5. The van der Waals surface area contributed by atoms with Crippen molar-refractivity contribution in [3.63, 3.8) is 0 Å². The monoisotopic (exact) mass is 312 g/mol. The van der Waals surface area contributed by atoms with Crippen molar-refractivity contribution in [3.8, 4) is 0 Å². The van der Waals surface area contributed by atoms with E-state index in [-0.39, 0.29) is 12.6 Å². The Balaban J connectivity index is 1.97. The number of nitrogens with zero attached hydrogens (tertiary/aromatic N) is 1. The standard InChI is InChI=1S/C14H20N2O4S/c1-20-10-8-15-14(17)16-9-7-13(11-16)21(18,19)12-5-3-2-4-6-12/h2-6,13H,7-11H2,1H3,(H,15,17)/t13-/m1/s1. The molecule has 7 heteroatoms. The van der Waals surface area contributed by atoms with Crippen LogP contribution < -0.4 is 5.32 Å². The van der Waals surface area contributed by atoms with E-state index in [0.717, 1.165) is 0 Å². The molecule has 116 valence electrons. The van der Waals surface area contributed by atoms with Gasteiger partial charge in [0.05, 0.1) is 16.8 Å². The number of carbonyl (C=O) groups excluding carboxylic acids is 1. The number of hydrogen-bond acceptors (Lipinski definition) is 4. The van der Waals surface area contributed by atoms with Gasteiger partial charge in [0.25, 0.3) is 0 Å². The van der Waals surface area contributed by atoms with Crippen molar-refractivity contribution in [3.05, 3.63) is 30.3 Å². The fraction of sp³-hybridized carbons (Fsp3) is 0.500. The molecular weight excluding hydrogens is 292 g/mol. The fourth-order valence-electron chi connectivity index (χ4n) is 2.34. The number of hydrogen-bond donors (Lipinski definition) is 1. The van der Waals surface area contributed by atoms with Gasteiger partial charge in [0.15, 0.2) is 9.84 Å². The Kier molecular flexibility index (Phi) is 5.19. The van der Waals surface area contributed by atoms with Crippen LogP contribution in [0.2, 0.25) is 0 Å². The summed E-state index contributed by atoms with van der Waals surface area (Å²) in [5.41, 5.74) is 0. The predicted octanol–water partition coefficient (Wildman–Crippen LogP) is 0.891. The summed E-state index contributed by atoms with van der Waals surface area (Å²) in [5.74, 6) is 0. The van der Waals surface area contributed by atoms with Crippen LogP contribution in [-0.2, 0) is 14.6 Å². The molecule has 2 rings (SSSR count). The van der Waals surface area contributed by atoms with Gasteiger partial charge in [-0.05, 0) is 18.6 Å². The van der Waals surface area contributed by atoms with Gasteiger partial charge in [-0.25, -0.2) is 13.2 Å². The van der Waals surface area contributed by atoms with Crippen LogP contribution in [0.5, 0.6) is 0 Å². The zero-order chi connectivity index (χ0) is 15.3. The maximum Gasteiger partial charge on any atom is 0.317 e. The molecule has 0 spiro atoms. The normalized spacial score (nSPS) is 18.7. The number of benzene rings is 1. The molecule has 6 nitrogen and oxygen atoms in total. The zero-order valence-corrected chi connectivity index (χ0v) is 12.8. The van der Waals surface area contributed by atoms with E-state index in [0.29, 0.717) is 31.0 Å². The average molecular weight is 312 g/mol. The molecule has 1 heterocycles. The third-order valence-corrected chi connectivity index (χ3v) is 5.72. The first-order valence-corrected chi connectivity index (χ1v) is 8.41. The zero-order valence-electron chi connectivity index (χ0n) is 12.0. The van der Waals surface area contributed by atoms with Crippen LogP contribution in [0.1, 0.15) is 6.42 Å². The van der Waals surface area contributed by atoms with E-state index >= 15 is 0 Å². The lowest BCUT2D eigenvalue weighted by Crippen LogP contribution is -2.40. The van der Waals surface area contributed by atoms with Crippen molar-refractivity contribution in [2.75, 3.05) is 33.4 Å². The van der Waals surface area contributed by atoms with Crippen molar-refractivity contribution in [2.24, 2.45) is 0 Å². The number of carbonyl (C=O) groups is 1. The molecule has 0 aliphatic carbocycles. The van der Waals surface area contributed by atoms with Crippen LogP contribution in [0.25, 0.3) is 0 Å². The second-order valence-electron chi connectivity index (χ2n) is 4.94. The Morgan fingerprint density at radius 3 is 2.76 bits per heavy atom. The molecule has 21 heavy (non-hydrogen) atoms. The maximum absolute atomic E-state index is 12.5. The number of amides is 2. The Morgan fingerprint density at radius 2 is 2.10 bits per heavy atom. The molecule has 1 aliphatic heterocycles. The van der Waals surface area contributed by atoms with E-state index < -0.39 is 15.1 Å². The van der Waals surface area contributed by atoms with Crippen molar-refractivity contribution in [1.29, 1.82) is 0 Å². The summed E-state index contributed by atoms with van der Waals surface area (Å²) in [6.45, 7) is 1.54. The Morgan fingerprint density at radius 1 is 1.38 bits per heavy atom. The number of urea groups is 1. The van der Waals surface area contributed by atoms with Crippen LogP contribution in [0, 0.1) is 0 Å². The Hall–Kier alpha value is -1.60. The lowest BCUT2D eigenvalue weighted by atomic mass is 10.4. The fourth-order valence-corrected chi connectivity index (χ4v) is 4.05. The molecule has 0 saturated carbocycles.